The number of fused-ring (bicyclic) bond motifs is 2. The maximum atomic E-state index is 13.9. The summed E-state index contributed by atoms with van der Waals surface area (Å²) in [6.45, 7) is 5.57. The van der Waals surface area contributed by atoms with Crippen molar-refractivity contribution in [2.45, 2.75) is 101 Å². The average Bonchev–Trinajstić information content (AvgIpc) is 3.33. The van der Waals surface area contributed by atoms with Gasteiger partial charge in [-0.3, -0.25) is 4.79 Å². The number of esters is 3. The lowest BCUT2D eigenvalue weighted by Crippen LogP contribution is -2.79. The zero-order chi connectivity index (χ0) is 35.2. The Morgan fingerprint density at radius 1 is 1.02 bits per heavy atom. The molecule has 0 aromatic heterocycles. The quantitative estimate of drug-likeness (QED) is 0.0987. The summed E-state index contributed by atoms with van der Waals surface area (Å²) in [4.78, 5) is 54.0. The van der Waals surface area contributed by atoms with Crippen LogP contribution < -0.4 is 0 Å². The third kappa shape index (κ3) is 4.57. The summed E-state index contributed by atoms with van der Waals surface area (Å²) in [6, 6.07) is 0. The highest BCUT2D eigenvalue weighted by Crippen LogP contribution is 2.73. The molecular weight excluding hydrogens is 640 g/mol. The fourth-order valence-corrected chi connectivity index (χ4v) is 9.68. The van der Waals surface area contributed by atoms with Gasteiger partial charge in [-0.1, -0.05) is 12.5 Å². The Bertz CT molecular complexity index is 1450. The van der Waals surface area contributed by atoms with Gasteiger partial charge >= 0.3 is 17.9 Å². The normalized spacial score (nSPS) is 47.7. The number of ether oxygens (including phenoxy) is 6. The van der Waals surface area contributed by atoms with Crippen molar-refractivity contribution in [3.05, 3.63) is 23.0 Å². The number of carbonyl (C=O) groups excluding carboxylic acids is 4. The molecule has 266 valence electrons. The third-order valence-corrected chi connectivity index (χ3v) is 11.5. The predicted molar refractivity (Wildman–Crippen MR) is 155 cm³/mol. The van der Waals surface area contributed by atoms with Gasteiger partial charge in [-0.25, -0.2) is 14.4 Å². The Morgan fingerprint density at radius 2 is 1.71 bits per heavy atom. The molecule has 6 rings (SSSR count). The van der Waals surface area contributed by atoms with E-state index in [-0.39, 0.29) is 25.2 Å². The molecule has 15 atom stereocenters. The molecule has 1 spiro atoms. The molecule has 3 aliphatic heterocycles. The number of Topliss-reactive ketones (excluding diaryl/α,β-unsaturated/α-hetero) is 1. The molecule has 0 radical (unpaired) electrons. The van der Waals surface area contributed by atoms with Gasteiger partial charge in [-0.05, 0) is 44.1 Å². The van der Waals surface area contributed by atoms with Gasteiger partial charge < -0.3 is 59.1 Å². The van der Waals surface area contributed by atoms with Gasteiger partial charge in [0.05, 0.1) is 32.3 Å². The van der Waals surface area contributed by atoms with Crippen LogP contribution in [0.5, 0.6) is 0 Å². The Hall–Kier alpha value is -2.96. The van der Waals surface area contributed by atoms with Crippen LogP contribution in [0.15, 0.2) is 23.0 Å². The summed E-state index contributed by atoms with van der Waals surface area (Å²) >= 11 is 0. The van der Waals surface area contributed by atoms with Crippen LogP contribution in [0.3, 0.4) is 0 Å². The van der Waals surface area contributed by atoms with Crippen molar-refractivity contribution in [1.82, 2.24) is 0 Å². The zero-order valence-electron chi connectivity index (χ0n) is 27.1. The molecule has 3 saturated heterocycles. The van der Waals surface area contributed by atoms with Crippen LogP contribution in [0.4, 0.5) is 0 Å². The molecule has 0 aromatic carbocycles. The highest BCUT2D eigenvalue weighted by molar-refractivity contribution is 5.96. The van der Waals surface area contributed by atoms with Crippen molar-refractivity contribution in [2.75, 3.05) is 20.3 Å². The van der Waals surface area contributed by atoms with Gasteiger partial charge in [0.2, 0.25) is 18.0 Å². The molecule has 3 aliphatic carbocycles. The molecule has 0 unspecified atom stereocenters. The predicted octanol–water partition coefficient (Wildman–Crippen LogP) is -2.22. The maximum Gasteiger partial charge on any atom is 0.348 e. The lowest BCUT2D eigenvalue weighted by molar-refractivity contribution is -0.296. The van der Waals surface area contributed by atoms with E-state index in [0.717, 1.165) is 13.2 Å². The average molecular weight is 683 g/mol. The van der Waals surface area contributed by atoms with Crippen LogP contribution in [0.2, 0.25) is 0 Å². The van der Waals surface area contributed by atoms with Crippen LogP contribution in [0, 0.1) is 28.6 Å². The van der Waals surface area contributed by atoms with Gasteiger partial charge in [0.25, 0.3) is 0 Å². The smallest absolute Gasteiger partial charge is 0.348 e. The molecule has 2 bridgehead atoms. The van der Waals surface area contributed by atoms with E-state index >= 15 is 0 Å². The highest BCUT2D eigenvalue weighted by Gasteiger charge is 2.85. The van der Waals surface area contributed by atoms with Gasteiger partial charge in [0.1, 0.15) is 36.6 Å². The van der Waals surface area contributed by atoms with E-state index < -0.39 is 120 Å². The first-order chi connectivity index (χ1) is 22.5. The van der Waals surface area contributed by atoms with Crippen molar-refractivity contribution in [3.63, 3.8) is 0 Å². The Morgan fingerprint density at radius 3 is 2.33 bits per heavy atom. The van der Waals surface area contributed by atoms with E-state index in [1.807, 2.05) is 0 Å². The monoisotopic (exact) mass is 682 g/mol. The molecule has 2 saturated carbocycles. The molecule has 16 heteroatoms. The maximum absolute atomic E-state index is 13.9. The lowest BCUT2D eigenvalue weighted by atomic mass is 9.38. The number of aliphatic hydroxyl groups is 6. The second kappa shape index (κ2) is 11.8. The number of carbonyl (C=O) groups is 4. The zero-order valence-corrected chi connectivity index (χ0v) is 27.1. The highest BCUT2D eigenvalue weighted by atomic mass is 16.7. The summed E-state index contributed by atoms with van der Waals surface area (Å²) in [5.41, 5.74) is -4.04. The third-order valence-electron chi connectivity index (χ3n) is 11.5. The summed E-state index contributed by atoms with van der Waals surface area (Å²) in [7, 11) is 1.06. The van der Waals surface area contributed by atoms with Gasteiger partial charge in [-0.2, -0.15) is 0 Å². The van der Waals surface area contributed by atoms with Gasteiger partial charge in [0.15, 0.2) is 11.5 Å². The second-order valence-electron chi connectivity index (χ2n) is 14.3. The van der Waals surface area contributed by atoms with Crippen LogP contribution in [0.25, 0.3) is 0 Å². The molecular formula is C32H42O16. The molecule has 3 heterocycles. The Labute approximate surface area is 275 Å². The number of rotatable bonds is 6. The van der Waals surface area contributed by atoms with E-state index in [4.69, 9.17) is 28.4 Å². The van der Waals surface area contributed by atoms with Crippen LogP contribution in [0.1, 0.15) is 40.5 Å². The molecule has 0 aromatic rings. The first-order valence-electron chi connectivity index (χ1n) is 15.9. The first-order valence-corrected chi connectivity index (χ1v) is 15.9. The number of methoxy groups -OCH3 is 1. The largest absolute Gasteiger partial charge is 0.467 e. The minimum Gasteiger partial charge on any atom is -0.467 e. The SMILES string of the molecule is COC(=O)[C@@]12OC[C@]34[C@H]([C@@H](O)[C@@H]1O)[C@@]1(C)CC(=O)C(O[C@@H]5O[C@H](CO)[C@@H](O)[C@H](O)[C@H]5O)=C(C)[C@@H]1C[C@H]3OC(=O)[C@H](OC(=O)C=C(C)C)[C@@H]24. The summed E-state index contributed by atoms with van der Waals surface area (Å²) < 4.78 is 34.1. The first kappa shape index (κ1) is 34.9. The van der Waals surface area contributed by atoms with Gasteiger partial charge in [0, 0.05) is 23.8 Å². The lowest BCUT2D eigenvalue weighted by Gasteiger charge is -2.67. The van der Waals surface area contributed by atoms with Crippen LogP contribution in [-0.4, -0.2) is 135 Å². The Kier molecular flexibility index (Phi) is 8.60. The van der Waals surface area contributed by atoms with Crippen molar-refractivity contribution < 1.29 is 78.2 Å². The van der Waals surface area contributed by atoms with Gasteiger partial charge in [-0.15, -0.1) is 0 Å². The van der Waals surface area contributed by atoms with Crippen molar-refractivity contribution in [3.8, 4) is 0 Å². The number of allylic oxidation sites excluding steroid dienone is 3. The van der Waals surface area contributed by atoms with Crippen LogP contribution in [-0.2, 0) is 47.6 Å². The van der Waals surface area contributed by atoms with E-state index in [2.05, 4.69) is 0 Å². The summed E-state index contributed by atoms with van der Waals surface area (Å²) in [6.07, 6.45) is -13.7. The Balaban J connectivity index is 1.45. The fraction of sp³-hybridized carbons (Fsp3) is 0.750. The number of aliphatic hydroxyl groups excluding tert-OH is 6. The number of hydrogen-bond donors (Lipinski definition) is 6. The van der Waals surface area contributed by atoms with Crippen LogP contribution >= 0.6 is 0 Å². The molecule has 5 fully saturated rings. The standard InChI is InChI=1S/C32H42O16/c1-11(2)6-17(35)47-23-25-31-10-44-32(25,29(42)43-5)26(40)21(39)24(31)30(4)8-14(34)22(12(3)13(30)7-16(31)46-27(23)41)48-28-20(38)19(37)18(36)15(9-33)45-28/h6,13,15-16,18-21,23-26,28,33,36-40H,7-10H2,1-5H3/t13-,15+,16+,18+,19-,20+,21+,23+,24+,25+,26-,28-,30-,31+,32-/m0/s1. The topological polar surface area (TPSA) is 245 Å². The summed E-state index contributed by atoms with van der Waals surface area (Å²) in [5.74, 6) is -6.88. The molecule has 6 aliphatic rings. The minimum atomic E-state index is -2.32. The molecule has 48 heavy (non-hydrogen) atoms. The summed E-state index contributed by atoms with van der Waals surface area (Å²) in [5, 5.41) is 64.3. The minimum absolute atomic E-state index is 0.0357. The number of hydrogen-bond acceptors (Lipinski definition) is 16. The molecule has 6 N–H and O–H groups in total. The molecule has 0 amide bonds. The van der Waals surface area contributed by atoms with Crippen molar-refractivity contribution in [1.29, 1.82) is 0 Å². The van der Waals surface area contributed by atoms with E-state index in [9.17, 15) is 49.8 Å². The van der Waals surface area contributed by atoms with E-state index in [1.165, 1.54) is 0 Å². The van der Waals surface area contributed by atoms with E-state index in [1.54, 1.807) is 27.7 Å². The fourth-order valence-electron chi connectivity index (χ4n) is 9.68. The molecule has 16 nitrogen and oxygen atoms in total. The van der Waals surface area contributed by atoms with E-state index in [0.29, 0.717) is 11.1 Å². The van der Waals surface area contributed by atoms with Crippen molar-refractivity contribution >= 4 is 23.7 Å². The van der Waals surface area contributed by atoms with Crippen molar-refractivity contribution in [2.24, 2.45) is 28.6 Å². The second-order valence-corrected chi connectivity index (χ2v) is 14.3. The number of ketones is 1.